The molecule has 7 rings (SSSR count). The zero-order valence-electron chi connectivity index (χ0n) is 26.2. The zero-order valence-corrected chi connectivity index (χ0v) is 27.0. The SMILES string of the molecule is N#CSc1ccc(N(c2ccccc2)c2ccc(N(c3ccccc3)c3ccc(N(c4ccccc4)c4ccccc4)cc3)cc2)cc1. The van der Waals surface area contributed by atoms with Gasteiger partial charge in [-0.15, -0.1) is 0 Å². The number of thiocyanates is 1. The van der Waals surface area contributed by atoms with Crippen LogP contribution in [-0.2, 0) is 0 Å². The van der Waals surface area contributed by atoms with Gasteiger partial charge in [-0.2, -0.15) is 5.26 Å². The van der Waals surface area contributed by atoms with Crippen LogP contribution >= 0.6 is 11.8 Å². The third kappa shape index (κ3) is 6.66. The molecule has 0 aliphatic rings. The molecule has 0 aliphatic heterocycles. The first kappa shape index (κ1) is 30.4. The Balaban J connectivity index is 1.25. The minimum atomic E-state index is 0.921. The average molecular weight is 637 g/mol. The molecule has 0 radical (unpaired) electrons. The highest BCUT2D eigenvalue weighted by Crippen LogP contribution is 2.41. The third-order valence-corrected chi connectivity index (χ3v) is 8.65. The maximum absolute atomic E-state index is 9.12. The second-order valence-electron chi connectivity index (χ2n) is 11.1. The Hall–Kier alpha value is -6.22. The van der Waals surface area contributed by atoms with Crippen LogP contribution in [0.25, 0.3) is 0 Å². The van der Waals surface area contributed by atoms with Crippen LogP contribution in [0, 0.1) is 10.7 Å². The van der Waals surface area contributed by atoms with Gasteiger partial charge < -0.3 is 14.7 Å². The molecule has 230 valence electrons. The number of rotatable bonds is 10. The average Bonchev–Trinajstić information content (AvgIpc) is 3.16. The van der Waals surface area contributed by atoms with Crippen molar-refractivity contribution in [1.82, 2.24) is 0 Å². The molecule has 0 N–H and O–H groups in total. The molecule has 0 bridgehead atoms. The number of anilines is 9. The summed E-state index contributed by atoms with van der Waals surface area (Å²) in [5.41, 5.74) is 9.59. The molecule has 7 aromatic carbocycles. The van der Waals surface area contributed by atoms with E-state index in [0.717, 1.165) is 56.1 Å². The lowest BCUT2D eigenvalue weighted by molar-refractivity contribution is 1.24. The summed E-state index contributed by atoms with van der Waals surface area (Å²) in [4.78, 5) is 7.71. The van der Waals surface area contributed by atoms with Crippen molar-refractivity contribution in [3.63, 3.8) is 0 Å². The molecule has 0 atom stereocenters. The topological polar surface area (TPSA) is 33.5 Å². The number of hydrogen-bond donors (Lipinski definition) is 0. The number of nitriles is 1. The lowest BCUT2D eigenvalue weighted by atomic mass is 10.1. The highest BCUT2D eigenvalue weighted by molar-refractivity contribution is 8.03. The van der Waals surface area contributed by atoms with Gasteiger partial charge >= 0.3 is 0 Å². The van der Waals surface area contributed by atoms with Gasteiger partial charge in [0.2, 0.25) is 0 Å². The van der Waals surface area contributed by atoms with Gasteiger partial charge in [0, 0.05) is 56.1 Å². The van der Waals surface area contributed by atoms with Gasteiger partial charge in [0.05, 0.1) is 0 Å². The van der Waals surface area contributed by atoms with E-state index in [1.54, 1.807) is 0 Å². The summed E-state index contributed by atoms with van der Waals surface area (Å²) in [7, 11) is 0. The van der Waals surface area contributed by atoms with Gasteiger partial charge in [0.1, 0.15) is 5.40 Å². The summed E-state index contributed by atoms with van der Waals surface area (Å²) in [5, 5.41) is 11.3. The Morgan fingerprint density at radius 2 is 0.500 bits per heavy atom. The summed E-state index contributed by atoms with van der Waals surface area (Å²) in [6, 6.07) is 67.3. The number of benzene rings is 7. The molecule has 0 aliphatic carbocycles. The van der Waals surface area contributed by atoms with Crippen LogP contribution in [0.5, 0.6) is 0 Å². The summed E-state index contributed by atoms with van der Waals surface area (Å²) < 4.78 is 0. The number of para-hydroxylation sites is 4. The molecule has 4 nitrogen and oxygen atoms in total. The highest BCUT2D eigenvalue weighted by Gasteiger charge is 2.17. The second-order valence-corrected chi connectivity index (χ2v) is 11.9. The van der Waals surface area contributed by atoms with Crippen molar-refractivity contribution < 1.29 is 0 Å². The van der Waals surface area contributed by atoms with Crippen LogP contribution in [0.1, 0.15) is 0 Å². The molecular weight excluding hydrogens is 605 g/mol. The van der Waals surface area contributed by atoms with Crippen molar-refractivity contribution >= 4 is 62.9 Å². The molecule has 0 aromatic heterocycles. The van der Waals surface area contributed by atoms with Gasteiger partial charge in [-0.1, -0.05) is 72.8 Å². The van der Waals surface area contributed by atoms with Crippen LogP contribution in [0.4, 0.5) is 51.2 Å². The maximum Gasteiger partial charge on any atom is 0.138 e. The fraction of sp³-hybridized carbons (Fsp3) is 0. The fourth-order valence-electron chi connectivity index (χ4n) is 5.87. The quantitative estimate of drug-likeness (QED) is 0.110. The van der Waals surface area contributed by atoms with E-state index in [0.29, 0.717) is 0 Å². The molecule has 5 heteroatoms. The molecule has 0 heterocycles. The van der Waals surface area contributed by atoms with Gasteiger partial charge in [-0.3, -0.25) is 0 Å². The summed E-state index contributed by atoms with van der Waals surface area (Å²) in [6.45, 7) is 0. The molecule has 7 aromatic rings. The number of hydrogen-bond acceptors (Lipinski definition) is 5. The lowest BCUT2D eigenvalue weighted by Gasteiger charge is -2.29. The molecule has 0 amide bonds. The van der Waals surface area contributed by atoms with Gasteiger partial charge in [0.15, 0.2) is 0 Å². The first-order valence-corrected chi connectivity index (χ1v) is 16.6. The fourth-order valence-corrected chi connectivity index (χ4v) is 6.24. The Morgan fingerprint density at radius 3 is 0.729 bits per heavy atom. The first-order chi connectivity index (χ1) is 23.8. The second kappa shape index (κ2) is 14.5. The summed E-state index contributed by atoms with van der Waals surface area (Å²) in [5.74, 6) is 0. The van der Waals surface area contributed by atoms with E-state index >= 15 is 0 Å². The number of nitrogens with zero attached hydrogens (tertiary/aromatic N) is 4. The largest absolute Gasteiger partial charge is 0.311 e. The van der Waals surface area contributed by atoms with Crippen LogP contribution in [-0.4, -0.2) is 0 Å². The monoisotopic (exact) mass is 636 g/mol. The smallest absolute Gasteiger partial charge is 0.138 e. The van der Waals surface area contributed by atoms with E-state index in [2.05, 4.69) is 166 Å². The number of thioether (sulfide) groups is 1. The Labute approximate surface area is 286 Å². The van der Waals surface area contributed by atoms with Gasteiger partial charge in [-0.05, 0) is 133 Å². The van der Waals surface area contributed by atoms with Crippen LogP contribution in [0.2, 0.25) is 0 Å². The normalized spacial score (nSPS) is 10.6. The van der Waals surface area contributed by atoms with Crippen molar-refractivity contribution in [2.45, 2.75) is 4.90 Å². The van der Waals surface area contributed by atoms with E-state index in [9.17, 15) is 0 Å². The van der Waals surface area contributed by atoms with Crippen molar-refractivity contribution in [3.05, 3.63) is 194 Å². The lowest BCUT2D eigenvalue weighted by Crippen LogP contribution is -2.13. The molecule has 0 fully saturated rings. The van der Waals surface area contributed by atoms with E-state index in [1.165, 1.54) is 11.8 Å². The highest BCUT2D eigenvalue weighted by atomic mass is 32.2. The van der Waals surface area contributed by atoms with E-state index in [4.69, 9.17) is 5.26 Å². The molecule has 0 spiro atoms. The molecular formula is C43H32N4S. The molecule has 0 saturated carbocycles. The molecule has 48 heavy (non-hydrogen) atoms. The predicted molar refractivity (Wildman–Crippen MR) is 202 cm³/mol. The van der Waals surface area contributed by atoms with Crippen molar-refractivity contribution in [1.29, 1.82) is 5.26 Å². The summed E-state index contributed by atoms with van der Waals surface area (Å²) >= 11 is 1.17. The minimum Gasteiger partial charge on any atom is -0.311 e. The van der Waals surface area contributed by atoms with Crippen LogP contribution in [0.3, 0.4) is 0 Å². The maximum atomic E-state index is 9.12. The third-order valence-electron chi connectivity index (χ3n) is 8.05. The van der Waals surface area contributed by atoms with Crippen LogP contribution < -0.4 is 14.7 Å². The first-order valence-electron chi connectivity index (χ1n) is 15.8. The van der Waals surface area contributed by atoms with Crippen LogP contribution in [0.15, 0.2) is 199 Å². The van der Waals surface area contributed by atoms with E-state index in [-0.39, 0.29) is 0 Å². The molecule has 0 unspecified atom stereocenters. The van der Waals surface area contributed by atoms with E-state index in [1.807, 2.05) is 48.5 Å². The summed E-state index contributed by atoms with van der Waals surface area (Å²) in [6.07, 6.45) is 0. The standard InChI is InChI=1S/C43H32N4S/c44-33-48-43-31-29-42(30-32-43)47(37-19-11-4-12-20-37)41-27-25-40(26-28-41)46(36-17-9-3-10-18-36)39-23-21-38(22-24-39)45(34-13-5-1-6-14-34)35-15-7-2-8-16-35/h1-32H. The van der Waals surface area contributed by atoms with Gasteiger partial charge in [-0.25, -0.2) is 0 Å². The van der Waals surface area contributed by atoms with Crippen molar-refractivity contribution in [2.24, 2.45) is 0 Å². The Kier molecular flexibility index (Phi) is 9.18. The van der Waals surface area contributed by atoms with Crippen molar-refractivity contribution in [3.8, 4) is 5.40 Å². The zero-order chi connectivity index (χ0) is 32.5. The molecule has 0 saturated heterocycles. The minimum absolute atomic E-state index is 0.921. The predicted octanol–water partition coefficient (Wildman–Crippen LogP) is 12.7. The van der Waals surface area contributed by atoms with Crippen molar-refractivity contribution in [2.75, 3.05) is 14.7 Å². The Morgan fingerprint density at radius 1 is 0.292 bits per heavy atom. The van der Waals surface area contributed by atoms with E-state index < -0.39 is 0 Å². The van der Waals surface area contributed by atoms with Gasteiger partial charge in [0.25, 0.3) is 0 Å². The Bertz CT molecular complexity index is 2040.